The molecule has 0 bridgehead atoms. The van der Waals surface area contributed by atoms with E-state index in [9.17, 15) is 9.59 Å². The number of hydrogen-bond donors (Lipinski definition) is 1. The molecule has 15 rings (SSSR count). The molecule has 0 aliphatic carbocycles. The number of anilines is 1. The second-order valence-corrected chi connectivity index (χ2v) is 33.6. The number of carbonyl (C=O) groups is 2. The smallest absolute Gasteiger partial charge is 0.410 e. The van der Waals surface area contributed by atoms with Crippen molar-refractivity contribution < 1.29 is 33.3 Å². The highest BCUT2D eigenvalue weighted by atomic mass is 79.9. The predicted molar refractivity (Wildman–Crippen MR) is 415 cm³/mol. The van der Waals surface area contributed by atoms with Crippen LogP contribution in [0, 0.1) is 0 Å². The highest BCUT2D eigenvalue weighted by molar-refractivity contribution is 9.10. The van der Waals surface area contributed by atoms with E-state index in [2.05, 4.69) is 256 Å². The third-order valence-electron chi connectivity index (χ3n) is 18.3. The van der Waals surface area contributed by atoms with Crippen molar-refractivity contribution in [3.8, 4) is 23.0 Å². The summed E-state index contributed by atoms with van der Waals surface area (Å²) >= 11 is 3.36. The lowest BCUT2D eigenvalue weighted by atomic mass is 9.76. The topological polar surface area (TPSA) is 128 Å². The molecular weight excluding hydrogens is 1360 g/mol. The molecule has 0 radical (unpaired) electrons. The quantitative estimate of drug-likeness (QED) is 0.111. The van der Waals surface area contributed by atoms with Gasteiger partial charge in [-0.3, -0.25) is 9.97 Å². The van der Waals surface area contributed by atoms with Crippen LogP contribution in [0.4, 0.5) is 15.3 Å². The number of ether oxygens (including phenoxy) is 5. The SMILES string of the molecule is CC(C)(C)OC(=O)N1CCC[C@H]1COc1cncc(Br)c1.CC(C)(C)OC(=O)N1CCC[C@H]1COc1cncc(N2Cc3ccccc3C2)c1.CC1(C)c2cccc(P(c3ccccc3)c3ccccc3)c2Oc2c(P(c3ccccc3)c3ccccc3)cccc21.c1ccc2c(c1)CNC2. The molecule has 520 valence electrons. The summed E-state index contributed by atoms with van der Waals surface area (Å²) in [5.41, 5.74) is 7.98. The van der Waals surface area contributed by atoms with Crippen molar-refractivity contribution in [2.75, 3.05) is 31.2 Å². The zero-order chi connectivity index (χ0) is 70.5. The molecule has 5 aliphatic heterocycles. The molecule has 2 fully saturated rings. The number of hydrogen-bond acceptors (Lipinski definition) is 11. The Hall–Kier alpha value is -8.90. The fourth-order valence-electron chi connectivity index (χ4n) is 13.4. The molecule has 2 amide bonds. The maximum absolute atomic E-state index is 12.4. The van der Waals surface area contributed by atoms with Crippen LogP contribution < -0.4 is 56.3 Å². The van der Waals surface area contributed by atoms with Crippen LogP contribution in [-0.4, -0.2) is 81.5 Å². The number of aromatic nitrogens is 2. The fraction of sp³-hybridized carbons (Fsp3) is 0.294. The van der Waals surface area contributed by atoms with E-state index in [1.807, 2.05) is 59.9 Å². The Morgan fingerprint density at radius 1 is 0.505 bits per heavy atom. The van der Waals surface area contributed by atoms with E-state index in [0.29, 0.717) is 25.5 Å². The summed E-state index contributed by atoms with van der Waals surface area (Å²) in [5.74, 6) is 3.45. The zero-order valence-electron chi connectivity index (χ0n) is 59.1. The Balaban J connectivity index is 0.000000141. The standard InChI is InChI=1S/C39H32OP2.C23H29N3O3.C15H21BrN2O3.C8H9N/c1-39(2)33-25-15-27-35(41(29-17-7-3-8-18-29)30-19-9-4-10-20-30)37(33)40-38-34(39)26-16-28-36(38)42(31-21-11-5-12-22-31)32-23-13-6-14-24-32;1-23(2,3)29-22(27)26-10-6-9-19(26)16-28-21-11-20(12-24-13-21)25-14-17-7-4-5-8-18(17)15-25;1-15(2,3)21-14(19)18-6-4-5-12(18)10-20-13-7-11(16)8-17-9-13;1-2-4-8-6-9-5-7(8)3-1/h3-28H,1-2H3;4-5,7-8,11-13,19H,6,9-10,14-16H2,1-3H3;7-9,12H,4-6,10H2,1-3H3;1-4,9H,5-6H2/t;19-;12-;/m.00./s1. The zero-order valence-corrected chi connectivity index (χ0v) is 62.5. The molecule has 1 N–H and O–H groups in total. The minimum atomic E-state index is -0.824. The summed E-state index contributed by atoms with van der Waals surface area (Å²) in [5, 5.41) is 11.1. The Morgan fingerprint density at radius 3 is 1.30 bits per heavy atom. The number of pyridine rings is 2. The summed E-state index contributed by atoms with van der Waals surface area (Å²) in [6, 6.07) is 78.2. The number of likely N-dealkylation sites (tertiary alicyclic amines) is 2. The number of fused-ring (bicyclic) bond motifs is 4. The van der Waals surface area contributed by atoms with Gasteiger partial charge in [-0.25, -0.2) is 9.59 Å². The number of benzene rings is 8. The predicted octanol–water partition coefficient (Wildman–Crippen LogP) is 16.9. The van der Waals surface area contributed by atoms with Gasteiger partial charge in [0.1, 0.15) is 47.4 Å². The molecule has 101 heavy (non-hydrogen) atoms. The molecule has 8 aromatic carbocycles. The molecule has 0 saturated carbocycles. The molecule has 2 aromatic heterocycles. The molecule has 13 nitrogen and oxygen atoms in total. The third kappa shape index (κ3) is 18.2. The van der Waals surface area contributed by atoms with E-state index in [1.165, 1.54) is 65.2 Å². The Morgan fingerprint density at radius 2 is 0.891 bits per heavy atom. The first-order chi connectivity index (χ1) is 48.8. The fourth-order valence-corrected chi connectivity index (χ4v) is 18.6. The summed E-state index contributed by atoms with van der Waals surface area (Å²) in [6.45, 7) is 22.2. The summed E-state index contributed by atoms with van der Waals surface area (Å²) in [7, 11) is -1.65. The van der Waals surface area contributed by atoms with Crippen LogP contribution in [0.25, 0.3) is 0 Å². The normalized spacial score (nSPS) is 16.2. The van der Waals surface area contributed by atoms with Gasteiger partial charge in [0.15, 0.2) is 0 Å². The monoisotopic (exact) mass is 1450 g/mol. The molecule has 2 atom stereocenters. The lowest BCUT2D eigenvalue weighted by Gasteiger charge is -2.38. The van der Waals surface area contributed by atoms with Crippen molar-refractivity contribution >= 4 is 81.5 Å². The minimum Gasteiger partial charge on any atom is -0.490 e. The maximum atomic E-state index is 12.4. The maximum Gasteiger partial charge on any atom is 0.410 e. The van der Waals surface area contributed by atoms with Crippen molar-refractivity contribution in [1.29, 1.82) is 0 Å². The number of para-hydroxylation sites is 2. The largest absolute Gasteiger partial charge is 0.490 e. The average Bonchev–Trinajstić information content (AvgIpc) is 1.13. The van der Waals surface area contributed by atoms with Gasteiger partial charge in [-0.15, -0.1) is 0 Å². The summed E-state index contributed by atoms with van der Waals surface area (Å²) in [6.07, 6.45) is 10.3. The molecule has 0 spiro atoms. The van der Waals surface area contributed by atoms with E-state index in [-0.39, 0.29) is 29.7 Å². The number of amides is 2. The van der Waals surface area contributed by atoms with Gasteiger partial charge in [-0.2, -0.15) is 0 Å². The van der Waals surface area contributed by atoms with Crippen molar-refractivity contribution in [2.45, 2.75) is 136 Å². The van der Waals surface area contributed by atoms with E-state index in [4.69, 9.17) is 23.7 Å². The second-order valence-electron chi connectivity index (χ2n) is 28.3. The average molecular weight is 1450 g/mol. The second kappa shape index (κ2) is 32.8. The van der Waals surface area contributed by atoms with Crippen LogP contribution in [0.3, 0.4) is 0 Å². The van der Waals surface area contributed by atoms with Crippen molar-refractivity contribution in [2.24, 2.45) is 0 Å². The van der Waals surface area contributed by atoms with Gasteiger partial charge >= 0.3 is 12.2 Å². The molecular formula is C85H91BrN6O7P2. The van der Waals surface area contributed by atoms with Crippen LogP contribution in [0.5, 0.6) is 23.0 Å². The van der Waals surface area contributed by atoms with Gasteiger partial charge in [-0.1, -0.05) is 220 Å². The van der Waals surface area contributed by atoms with Gasteiger partial charge < -0.3 is 43.7 Å². The highest BCUT2D eigenvalue weighted by Crippen LogP contribution is 2.52. The molecule has 0 unspecified atom stereocenters. The van der Waals surface area contributed by atoms with E-state index in [1.54, 1.807) is 28.4 Å². The first kappa shape index (κ1) is 71.9. The molecule has 16 heteroatoms. The molecule has 2 saturated heterocycles. The van der Waals surface area contributed by atoms with Crippen LogP contribution in [0.1, 0.15) is 114 Å². The number of carbonyl (C=O) groups excluding carboxylic acids is 2. The van der Waals surface area contributed by atoms with Crippen molar-refractivity contribution in [3.63, 3.8) is 0 Å². The van der Waals surface area contributed by atoms with Gasteiger partial charge in [0.05, 0.1) is 36.4 Å². The van der Waals surface area contributed by atoms with Crippen LogP contribution in [0.15, 0.2) is 248 Å². The first-order valence-corrected chi connectivity index (χ1v) is 38.5. The van der Waals surface area contributed by atoms with Crippen LogP contribution in [-0.2, 0) is 41.1 Å². The summed E-state index contributed by atoms with van der Waals surface area (Å²) < 4.78 is 30.9. The molecule has 5 aliphatic rings. The van der Waals surface area contributed by atoms with Gasteiger partial charge in [0, 0.05) is 83.2 Å². The lowest BCUT2D eigenvalue weighted by molar-refractivity contribution is 0.0177. The number of nitrogens with zero attached hydrogens (tertiary/aromatic N) is 5. The van der Waals surface area contributed by atoms with Crippen LogP contribution >= 0.6 is 31.8 Å². The number of nitrogens with one attached hydrogen (secondary N) is 1. The van der Waals surface area contributed by atoms with E-state index < -0.39 is 27.0 Å². The van der Waals surface area contributed by atoms with Crippen LogP contribution in [0.2, 0.25) is 0 Å². The van der Waals surface area contributed by atoms with E-state index >= 15 is 0 Å². The molecule has 10 aromatic rings. The lowest BCUT2D eigenvalue weighted by Crippen LogP contribution is -2.42. The Kier molecular flexibility index (Phi) is 23.4. The van der Waals surface area contributed by atoms with Gasteiger partial charge in [0.2, 0.25) is 0 Å². The first-order valence-electron chi connectivity index (χ1n) is 35.0. The third-order valence-corrected chi connectivity index (χ3v) is 23.7. The molecule has 7 heterocycles. The van der Waals surface area contributed by atoms with Crippen molar-refractivity contribution in [1.82, 2.24) is 25.1 Å². The Labute approximate surface area is 607 Å². The van der Waals surface area contributed by atoms with Gasteiger partial charge in [0.25, 0.3) is 0 Å². The van der Waals surface area contributed by atoms with E-state index in [0.717, 1.165) is 85.8 Å². The number of rotatable bonds is 13. The summed E-state index contributed by atoms with van der Waals surface area (Å²) in [4.78, 5) is 38.9. The minimum absolute atomic E-state index is 0.0320. The Bertz CT molecular complexity index is 4150. The van der Waals surface area contributed by atoms with Crippen molar-refractivity contribution in [3.05, 3.63) is 281 Å². The van der Waals surface area contributed by atoms with Gasteiger partial charge in [-0.05, 0) is 149 Å². The number of halogens is 1. The highest BCUT2D eigenvalue weighted by Gasteiger charge is 2.40.